The molecule has 0 unspecified atom stereocenters. The first-order chi connectivity index (χ1) is 11.5. The average Bonchev–Trinajstić information content (AvgIpc) is 3.21. The Hall–Kier alpha value is -1.68. The zero-order chi connectivity index (χ0) is 18.7. The molecular weight excluding hydrogens is 339 g/mol. The third kappa shape index (κ3) is 6.62. The van der Waals surface area contributed by atoms with Gasteiger partial charge in [0.05, 0.1) is 25.4 Å². The molecule has 0 atom stereocenters. The van der Waals surface area contributed by atoms with Crippen molar-refractivity contribution < 1.29 is 22.6 Å². The van der Waals surface area contributed by atoms with Gasteiger partial charge in [0, 0.05) is 5.41 Å². The summed E-state index contributed by atoms with van der Waals surface area (Å²) in [6, 6.07) is 0. The maximum absolute atomic E-state index is 12.1. The molecule has 1 aromatic rings. The van der Waals surface area contributed by atoms with Crippen molar-refractivity contribution in [2.45, 2.75) is 45.3 Å². The molecule has 0 bridgehead atoms. The van der Waals surface area contributed by atoms with Crippen LogP contribution in [0.25, 0.3) is 0 Å². The molecule has 7 nitrogen and oxygen atoms in total. The zero-order valence-electron chi connectivity index (χ0n) is 14.6. The first-order valence-corrected chi connectivity index (χ1v) is 7.98. The highest BCUT2D eigenvalue weighted by molar-refractivity contribution is 5.39. The summed E-state index contributed by atoms with van der Waals surface area (Å²) in [6.07, 6.45) is -2.69. The largest absolute Gasteiger partial charge is 0.411 e. The highest BCUT2D eigenvalue weighted by atomic mass is 19.4. The van der Waals surface area contributed by atoms with Crippen LogP contribution >= 0.6 is 0 Å². The molecule has 0 amide bonds. The molecule has 142 valence electrons. The van der Waals surface area contributed by atoms with Crippen molar-refractivity contribution in [3.05, 3.63) is 5.69 Å². The van der Waals surface area contributed by atoms with Crippen LogP contribution in [-0.4, -0.2) is 53.3 Å². The molecule has 0 saturated heterocycles. The fourth-order valence-corrected chi connectivity index (χ4v) is 2.20. The van der Waals surface area contributed by atoms with Gasteiger partial charge in [0.15, 0.2) is 5.82 Å². The molecular formula is C15H24F3N5O2. The second-order valence-electron chi connectivity index (χ2n) is 7.22. The predicted octanol–water partition coefficient (Wildman–Crippen LogP) is 2.33. The molecule has 0 aliphatic heterocycles. The maximum atomic E-state index is 12.1. The van der Waals surface area contributed by atoms with Gasteiger partial charge in [0.2, 0.25) is 5.95 Å². The van der Waals surface area contributed by atoms with Gasteiger partial charge in [-0.1, -0.05) is 0 Å². The van der Waals surface area contributed by atoms with E-state index in [4.69, 9.17) is 15.2 Å². The first kappa shape index (κ1) is 19.6. The Labute approximate surface area is 144 Å². The quantitative estimate of drug-likeness (QED) is 0.695. The lowest BCUT2D eigenvalue weighted by atomic mass is 10.1. The molecule has 1 saturated carbocycles. The van der Waals surface area contributed by atoms with Crippen LogP contribution < -0.4 is 11.1 Å². The fourth-order valence-electron chi connectivity index (χ4n) is 2.20. The van der Waals surface area contributed by atoms with Gasteiger partial charge in [0.25, 0.3) is 0 Å². The minimum absolute atomic E-state index is 0.0574. The predicted molar refractivity (Wildman–Crippen MR) is 86.0 cm³/mol. The van der Waals surface area contributed by atoms with Gasteiger partial charge in [-0.25, -0.2) is 0 Å². The van der Waals surface area contributed by atoms with Crippen LogP contribution in [0.3, 0.4) is 0 Å². The first-order valence-electron chi connectivity index (χ1n) is 7.98. The number of halogens is 3. The van der Waals surface area contributed by atoms with E-state index in [1.54, 1.807) is 6.92 Å². The van der Waals surface area contributed by atoms with E-state index in [-0.39, 0.29) is 12.0 Å². The Bertz CT molecular complexity index is 591. The highest BCUT2D eigenvalue weighted by Crippen LogP contribution is 2.46. The number of alkyl halides is 3. The zero-order valence-corrected chi connectivity index (χ0v) is 14.6. The van der Waals surface area contributed by atoms with Crippen molar-refractivity contribution in [2.75, 3.05) is 37.5 Å². The topological polar surface area (TPSA) is 95.2 Å². The van der Waals surface area contributed by atoms with Crippen molar-refractivity contribution in [3.8, 4) is 0 Å². The number of nitrogen functional groups attached to an aromatic ring is 1. The molecule has 10 heteroatoms. The Morgan fingerprint density at radius 2 is 1.72 bits per heavy atom. The van der Waals surface area contributed by atoms with E-state index >= 15 is 0 Å². The standard InChI is InChI=1S/C15H24F3N5O2/c1-10-11(19)20-12(23-22-10)21-13(2,3)6-24-7-14(4-5-14)8-25-9-15(16,17)18/h4-9H2,1-3H3,(H3,19,20,21,23). The summed E-state index contributed by atoms with van der Waals surface area (Å²) in [5, 5.41) is 10.9. The summed E-state index contributed by atoms with van der Waals surface area (Å²) in [6.45, 7) is 5.01. The van der Waals surface area contributed by atoms with E-state index in [0.717, 1.165) is 12.8 Å². The number of aryl methyl sites for hydroxylation is 1. The number of hydrogen-bond acceptors (Lipinski definition) is 7. The number of rotatable bonds is 9. The van der Waals surface area contributed by atoms with Gasteiger partial charge < -0.3 is 20.5 Å². The molecule has 2 rings (SSSR count). The number of ether oxygens (including phenoxy) is 2. The van der Waals surface area contributed by atoms with Crippen LogP contribution in [0.1, 0.15) is 32.4 Å². The van der Waals surface area contributed by atoms with Crippen LogP contribution in [0.15, 0.2) is 0 Å². The number of anilines is 2. The van der Waals surface area contributed by atoms with Crippen molar-refractivity contribution in [1.82, 2.24) is 15.2 Å². The minimum Gasteiger partial charge on any atom is -0.382 e. The molecule has 1 aromatic heterocycles. The molecule has 3 N–H and O–H groups in total. The smallest absolute Gasteiger partial charge is 0.382 e. The Morgan fingerprint density at radius 3 is 2.24 bits per heavy atom. The van der Waals surface area contributed by atoms with Gasteiger partial charge in [-0.15, -0.1) is 10.2 Å². The average molecular weight is 363 g/mol. The maximum Gasteiger partial charge on any atom is 0.411 e. The van der Waals surface area contributed by atoms with Crippen LogP contribution in [0, 0.1) is 12.3 Å². The molecule has 0 radical (unpaired) electrons. The van der Waals surface area contributed by atoms with Crippen molar-refractivity contribution in [2.24, 2.45) is 5.41 Å². The van der Waals surface area contributed by atoms with E-state index in [1.165, 1.54) is 0 Å². The number of nitrogens with zero attached hydrogens (tertiary/aromatic N) is 3. The van der Waals surface area contributed by atoms with Gasteiger partial charge in [0.1, 0.15) is 12.3 Å². The van der Waals surface area contributed by atoms with E-state index in [1.807, 2.05) is 13.8 Å². The third-order valence-corrected chi connectivity index (χ3v) is 3.84. The Kier molecular flexibility index (Phi) is 5.72. The monoisotopic (exact) mass is 363 g/mol. The van der Waals surface area contributed by atoms with E-state index in [0.29, 0.717) is 30.7 Å². The van der Waals surface area contributed by atoms with Crippen LogP contribution in [-0.2, 0) is 9.47 Å². The molecule has 1 fully saturated rings. The van der Waals surface area contributed by atoms with E-state index < -0.39 is 18.3 Å². The van der Waals surface area contributed by atoms with Crippen LogP contribution in [0.2, 0.25) is 0 Å². The molecule has 1 aliphatic carbocycles. The van der Waals surface area contributed by atoms with E-state index in [2.05, 4.69) is 20.5 Å². The van der Waals surface area contributed by atoms with Crippen molar-refractivity contribution in [1.29, 1.82) is 0 Å². The van der Waals surface area contributed by atoms with Crippen LogP contribution in [0.5, 0.6) is 0 Å². The van der Waals surface area contributed by atoms with Gasteiger partial charge >= 0.3 is 6.18 Å². The summed E-state index contributed by atoms with van der Waals surface area (Å²) in [7, 11) is 0. The number of aromatic nitrogens is 3. The van der Waals surface area contributed by atoms with Gasteiger partial charge in [-0.3, -0.25) is 0 Å². The lowest BCUT2D eigenvalue weighted by molar-refractivity contribution is -0.179. The SMILES string of the molecule is Cc1nnc(NC(C)(C)COCC2(COCC(F)(F)F)CC2)nc1N. The summed E-state index contributed by atoms with van der Waals surface area (Å²) in [5.74, 6) is 0.597. The second-order valence-corrected chi connectivity index (χ2v) is 7.22. The summed E-state index contributed by atoms with van der Waals surface area (Å²) >= 11 is 0. The molecule has 0 spiro atoms. The van der Waals surface area contributed by atoms with Crippen molar-refractivity contribution in [3.63, 3.8) is 0 Å². The highest BCUT2D eigenvalue weighted by Gasteiger charge is 2.44. The molecule has 0 aromatic carbocycles. The minimum atomic E-state index is -4.30. The third-order valence-electron chi connectivity index (χ3n) is 3.84. The van der Waals surface area contributed by atoms with Crippen LogP contribution in [0.4, 0.5) is 24.9 Å². The number of nitrogens with two attached hydrogens (primary N) is 1. The van der Waals surface area contributed by atoms with Gasteiger partial charge in [-0.05, 0) is 33.6 Å². The number of hydrogen-bond donors (Lipinski definition) is 2. The lowest BCUT2D eigenvalue weighted by Gasteiger charge is -2.27. The van der Waals surface area contributed by atoms with Crippen molar-refractivity contribution >= 4 is 11.8 Å². The van der Waals surface area contributed by atoms with Gasteiger partial charge in [-0.2, -0.15) is 18.2 Å². The molecule has 1 aliphatic rings. The molecule has 1 heterocycles. The fraction of sp³-hybridized carbons (Fsp3) is 0.800. The summed E-state index contributed by atoms with van der Waals surface area (Å²) in [4.78, 5) is 4.10. The number of nitrogens with one attached hydrogen (secondary N) is 1. The summed E-state index contributed by atoms with van der Waals surface area (Å²) < 4.78 is 46.9. The molecule has 25 heavy (non-hydrogen) atoms. The summed E-state index contributed by atoms with van der Waals surface area (Å²) in [5.41, 5.74) is 5.46. The van der Waals surface area contributed by atoms with E-state index in [9.17, 15) is 13.2 Å². The lowest BCUT2D eigenvalue weighted by Crippen LogP contribution is -2.38. The second kappa shape index (κ2) is 7.28. The normalized spacial score (nSPS) is 16.7. The Morgan fingerprint density at radius 1 is 1.12 bits per heavy atom. The Balaban J connectivity index is 1.75.